The summed E-state index contributed by atoms with van der Waals surface area (Å²) < 4.78 is 6.86. The van der Waals surface area contributed by atoms with Crippen LogP contribution in [0.3, 0.4) is 0 Å². The van der Waals surface area contributed by atoms with Gasteiger partial charge in [-0.1, -0.05) is 67.9 Å². The van der Waals surface area contributed by atoms with Crippen LogP contribution in [0.4, 0.5) is 0 Å². The average Bonchev–Trinajstić information content (AvgIpc) is 3.65. The molecule has 5 aromatic carbocycles. The molecular weight excluding hydrogens is 768 g/mol. The van der Waals surface area contributed by atoms with Gasteiger partial charge in [-0.05, 0) is 73.0 Å². The van der Waals surface area contributed by atoms with Crippen molar-refractivity contribution in [3.05, 3.63) is 157 Å². The van der Waals surface area contributed by atoms with Crippen LogP contribution < -0.4 is 0 Å². The summed E-state index contributed by atoms with van der Waals surface area (Å²) in [6, 6.07) is 50.5. The van der Waals surface area contributed by atoms with Gasteiger partial charge in [-0.2, -0.15) is 35.9 Å². The molecule has 5 heteroatoms. The molecule has 4 nitrogen and oxygen atoms in total. The maximum Gasteiger partial charge on any atom is 0.188 e. The molecule has 3 heterocycles. The van der Waals surface area contributed by atoms with Crippen molar-refractivity contribution in [1.82, 2.24) is 18.7 Å². The smallest absolute Gasteiger partial charge is 0.188 e. The summed E-state index contributed by atoms with van der Waals surface area (Å²) in [6.45, 7) is 11.3. The Morgan fingerprint density at radius 2 is 1.29 bits per heavy atom. The van der Waals surface area contributed by atoms with E-state index in [4.69, 9.17) is 4.98 Å². The number of benzene rings is 5. The van der Waals surface area contributed by atoms with Crippen LogP contribution in [0.2, 0.25) is 0 Å². The monoisotopic (exact) mass is 804 g/mol. The van der Waals surface area contributed by atoms with Crippen LogP contribution in [-0.2, 0) is 32.0 Å². The van der Waals surface area contributed by atoms with Gasteiger partial charge in [0.25, 0.3) is 0 Å². The third-order valence-corrected chi connectivity index (χ3v) is 9.41. The molecule has 0 radical (unpaired) electrons. The molecule has 0 fully saturated rings. The van der Waals surface area contributed by atoms with Crippen molar-refractivity contribution in [2.24, 2.45) is 0 Å². The van der Waals surface area contributed by atoms with Gasteiger partial charge in [0, 0.05) is 50.6 Å². The van der Waals surface area contributed by atoms with Gasteiger partial charge < -0.3 is 4.57 Å². The quantitative estimate of drug-likeness (QED) is 0.159. The van der Waals surface area contributed by atoms with E-state index >= 15 is 0 Å². The first-order valence-electron chi connectivity index (χ1n) is 16.2. The molecular formula is C43H37N4Pt-. The Morgan fingerprint density at radius 1 is 0.604 bits per heavy atom. The van der Waals surface area contributed by atoms with Crippen LogP contribution in [0.25, 0.3) is 55.5 Å². The Kier molecular flexibility index (Phi) is 7.96. The molecule has 0 bridgehead atoms. The van der Waals surface area contributed by atoms with Gasteiger partial charge in [0.2, 0.25) is 0 Å². The fourth-order valence-corrected chi connectivity index (χ4v) is 6.79. The largest absolute Gasteiger partial charge is 0.319 e. The van der Waals surface area contributed by atoms with Crippen LogP contribution in [0, 0.1) is 12.1 Å². The molecule has 48 heavy (non-hydrogen) atoms. The number of fused-ring (bicyclic) bond motifs is 4. The van der Waals surface area contributed by atoms with E-state index in [-0.39, 0.29) is 32.0 Å². The molecule has 8 rings (SSSR count). The van der Waals surface area contributed by atoms with Gasteiger partial charge in [-0.25, -0.2) is 14.1 Å². The molecule has 0 atom stereocenters. The summed E-state index contributed by atoms with van der Waals surface area (Å²) >= 11 is 0. The molecule has 0 aliphatic heterocycles. The first kappa shape index (κ1) is 31.8. The maximum absolute atomic E-state index is 4.88. The summed E-state index contributed by atoms with van der Waals surface area (Å²) in [6.07, 6.45) is 4.11. The van der Waals surface area contributed by atoms with Gasteiger partial charge in [-0.3, -0.25) is 0 Å². The SMILES string of the molecule is CC(C)(c1[c-]c(-n2[cH+]n(C(C)(C)C)c3ccccc32)ccc1)c1[c-]c2c(cc1)c1ccccc1n2-c1cc(-c2ccccc2)ccn1.[Pt]. The zero-order valence-electron chi connectivity index (χ0n) is 27.8. The number of para-hydroxylation sites is 3. The molecule has 0 aliphatic carbocycles. The van der Waals surface area contributed by atoms with Crippen LogP contribution in [0.1, 0.15) is 45.7 Å². The van der Waals surface area contributed by atoms with Crippen LogP contribution >= 0.6 is 0 Å². The first-order valence-corrected chi connectivity index (χ1v) is 16.2. The van der Waals surface area contributed by atoms with Crippen LogP contribution in [0.15, 0.2) is 134 Å². The fourth-order valence-electron chi connectivity index (χ4n) is 6.79. The predicted octanol–water partition coefficient (Wildman–Crippen LogP) is 10.6. The van der Waals surface area contributed by atoms with E-state index < -0.39 is 0 Å². The minimum absolute atomic E-state index is 0. The Balaban J connectivity index is 0.00000364. The summed E-state index contributed by atoms with van der Waals surface area (Å²) in [7, 11) is 0. The Labute approximate surface area is 296 Å². The Hall–Kier alpha value is -4.79. The second kappa shape index (κ2) is 12.0. The third kappa shape index (κ3) is 5.29. The first-order chi connectivity index (χ1) is 22.7. The predicted molar refractivity (Wildman–Crippen MR) is 194 cm³/mol. The van der Waals surface area contributed by atoms with Gasteiger partial charge in [0.05, 0.1) is 5.54 Å². The molecule has 0 saturated carbocycles. The van der Waals surface area contributed by atoms with E-state index in [1.54, 1.807) is 0 Å². The molecule has 0 amide bonds. The molecule has 3 aromatic heterocycles. The van der Waals surface area contributed by atoms with E-state index in [1.165, 1.54) is 16.5 Å². The number of rotatable bonds is 5. The van der Waals surface area contributed by atoms with Crippen molar-refractivity contribution in [2.75, 3.05) is 0 Å². The van der Waals surface area contributed by atoms with Crippen molar-refractivity contribution < 1.29 is 21.1 Å². The molecule has 0 saturated heterocycles. The van der Waals surface area contributed by atoms with Crippen LogP contribution in [0.5, 0.6) is 0 Å². The van der Waals surface area contributed by atoms with Crippen molar-refractivity contribution >= 4 is 32.8 Å². The summed E-state index contributed by atoms with van der Waals surface area (Å²) in [5.74, 6) is 0.879. The molecule has 240 valence electrons. The Bertz CT molecular complexity index is 2430. The number of nitrogens with zero attached hydrogens (tertiary/aromatic N) is 4. The topological polar surface area (TPSA) is 27.7 Å². The minimum Gasteiger partial charge on any atom is -0.319 e. The third-order valence-electron chi connectivity index (χ3n) is 9.41. The minimum atomic E-state index is -0.367. The molecule has 0 spiro atoms. The number of hydrogen-bond donors (Lipinski definition) is 0. The summed E-state index contributed by atoms with van der Waals surface area (Å²) in [5, 5.41) is 2.35. The van der Waals surface area contributed by atoms with E-state index in [2.05, 4.69) is 182 Å². The van der Waals surface area contributed by atoms with E-state index in [9.17, 15) is 0 Å². The fraction of sp³-hybridized carbons (Fsp3) is 0.163. The number of hydrogen-bond acceptors (Lipinski definition) is 1. The zero-order valence-corrected chi connectivity index (χ0v) is 30.1. The normalized spacial score (nSPS) is 12.1. The second-order valence-corrected chi connectivity index (χ2v) is 13.8. The van der Waals surface area contributed by atoms with Gasteiger partial charge in [-0.15, -0.1) is 23.1 Å². The Morgan fingerprint density at radius 3 is 2.06 bits per heavy atom. The van der Waals surface area contributed by atoms with Crippen molar-refractivity contribution in [2.45, 2.75) is 45.6 Å². The second-order valence-electron chi connectivity index (χ2n) is 13.8. The molecule has 8 aromatic rings. The summed E-state index contributed by atoms with van der Waals surface area (Å²) in [5.41, 5.74) is 9.61. The van der Waals surface area contributed by atoms with Crippen molar-refractivity contribution in [3.63, 3.8) is 0 Å². The molecule has 0 aliphatic rings. The van der Waals surface area contributed by atoms with Gasteiger partial charge >= 0.3 is 0 Å². The molecule has 0 N–H and O–H groups in total. The zero-order chi connectivity index (χ0) is 32.3. The van der Waals surface area contributed by atoms with E-state index in [0.29, 0.717) is 0 Å². The van der Waals surface area contributed by atoms with Gasteiger partial charge in [0.15, 0.2) is 17.4 Å². The van der Waals surface area contributed by atoms with Crippen molar-refractivity contribution in [3.8, 4) is 22.6 Å². The van der Waals surface area contributed by atoms with E-state index in [1.807, 2.05) is 12.3 Å². The summed E-state index contributed by atoms with van der Waals surface area (Å²) in [4.78, 5) is 4.88. The number of aromatic nitrogens is 4. The number of imidazole rings is 1. The van der Waals surface area contributed by atoms with Crippen LogP contribution in [-0.4, -0.2) is 18.7 Å². The van der Waals surface area contributed by atoms with Crippen molar-refractivity contribution in [1.29, 1.82) is 0 Å². The molecule has 0 unspecified atom stereocenters. The van der Waals surface area contributed by atoms with E-state index in [0.717, 1.165) is 50.1 Å². The standard InChI is InChI=1S/C43H37N4.Pt/c1-42(2,3)46-29-45(38-20-11-12-21-39(38)46)34-17-13-16-32(27-34)43(4,5)33-22-23-36-35-18-9-10-19-37(35)47(40(36)28-33)41-26-31(24-25-44-41)30-14-7-6-8-15-30;/h6-26,29H,1-5H3;/q-1;. The maximum atomic E-state index is 4.88. The number of pyridine rings is 1. The average molecular weight is 805 g/mol. The van der Waals surface area contributed by atoms with Gasteiger partial charge in [0.1, 0.15) is 5.82 Å².